The van der Waals surface area contributed by atoms with Crippen molar-refractivity contribution < 1.29 is 74.4 Å². The van der Waals surface area contributed by atoms with Crippen molar-refractivity contribution in [2.24, 2.45) is 0 Å². The minimum absolute atomic E-state index is 0.0876. The summed E-state index contributed by atoms with van der Waals surface area (Å²) in [4.78, 5) is 13.3. The largest absolute Gasteiger partial charge is 0.508 e. The number of hydrogen-bond donors (Lipinski definition) is 10. The molecule has 1 aromatic heterocycles. The van der Waals surface area contributed by atoms with Gasteiger partial charge in [0.25, 0.3) is 0 Å². The molecule has 2 aliphatic heterocycles. The van der Waals surface area contributed by atoms with Crippen LogP contribution in [0.5, 0.6) is 28.7 Å². The van der Waals surface area contributed by atoms with E-state index in [0.717, 1.165) is 6.07 Å². The summed E-state index contributed by atoms with van der Waals surface area (Å²) in [6.45, 7) is -1.32. The summed E-state index contributed by atoms with van der Waals surface area (Å²) in [6.07, 6.45) is -15.8. The fraction of sp³-hybridized carbons (Fsp3) is 0.423. The number of phenolic OH excluding ortho intramolecular Hbond substituents is 3. The molecule has 10 N–H and O–H groups in total. The minimum atomic E-state index is -1.97. The number of hydrogen-bond acceptors (Lipinski definition) is 16. The van der Waals surface area contributed by atoms with E-state index < -0.39 is 108 Å². The molecule has 5 rings (SSSR count). The van der Waals surface area contributed by atoms with E-state index in [2.05, 4.69) is 0 Å². The Morgan fingerprint density at radius 2 is 1.43 bits per heavy atom. The first kappa shape index (κ1) is 29.8. The zero-order valence-electron chi connectivity index (χ0n) is 21.4. The van der Waals surface area contributed by atoms with Crippen LogP contribution < -0.4 is 14.9 Å². The summed E-state index contributed by atoms with van der Waals surface area (Å²) >= 11 is 0. The van der Waals surface area contributed by atoms with Gasteiger partial charge in [0.15, 0.2) is 16.8 Å². The lowest BCUT2D eigenvalue weighted by molar-refractivity contribution is -0.277. The standard InChI is InChI=1S/C26H28O16/c27-6-13-16(32)18(34)20(36)26(40-13)42-24-21(37)23(41-25-19(35)15(31)11(30)7-38-25)17(33)14-10(29)5-12(39-22(14)24)8-1-3-9(28)4-2-8/h1-5,11,13,15-16,18-20,25-28,30-37H,6-7H2/t11-,13-,15+,16-,18+,19+,20+,25+,26+/m1/s1. The molecular weight excluding hydrogens is 568 g/mol. The lowest BCUT2D eigenvalue weighted by Gasteiger charge is -2.39. The van der Waals surface area contributed by atoms with Gasteiger partial charge in [-0.2, -0.15) is 0 Å². The zero-order valence-corrected chi connectivity index (χ0v) is 21.4. The van der Waals surface area contributed by atoms with Crippen LogP contribution in [0, 0.1) is 0 Å². The monoisotopic (exact) mass is 596 g/mol. The summed E-state index contributed by atoms with van der Waals surface area (Å²) in [5.41, 5.74) is -1.23. The van der Waals surface area contributed by atoms with Gasteiger partial charge < -0.3 is 74.4 Å². The van der Waals surface area contributed by atoms with Gasteiger partial charge in [-0.1, -0.05) is 0 Å². The quantitative estimate of drug-likeness (QED) is 0.142. The molecule has 2 aromatic carbocycles. The van der Waals surface area contributed by atoms with E-state index in [1.165, 1.54) is 24.3 Å². The van der Waals surface area contributed by atoms with Gasteiger partial charge in [0, 0.05) is 11.6 Å². The highest BCUT2D eigenvalue weighted by Crippen LogP contribution is 2.51. The fourth-order valence-corrected chi connectivity index (χ4v) is 4.58. The SMILES string of the molecule is O=c1cc(-c2ccc(O)cc2)oc2c(O[C@@H]3O[C@H](CO)[C@@H](O)[C@H](O)[C@@H]3O)c(O)c(O[C@@H]3OC[C@@H](O)[C@H](O)[C@@H]3O)c(O)c12. The minimum Gasteiger partial charge on any atom is -0.508 e. The first-order chi connectivity index (χ1) is 19.9. The van der Waals surface area contributed by atoms with Crippen molar-refractivity contribution in [3.63, 3.8) is 0 Å². The number of aromatic hydroxyl groups is 3. The smallest absolute Gasteiger partial charge is 0.229 e. The van der Waals surface area contributed by atoms with Crippen LogP contribution in [-0.4, -0.2) is 120 Å². The van der Waals surface area contributed by atoms with E-state index in [9.17, 15) is 55.9 Å². The molecule has 0 spiro atoms. The van der Waals surface area contributed by atoms with Crippen LogP contribution in [0.1, 0.15) is 0 Å². The number of aliphatic hydroxyl groups excluding tert-OH is 7. The molecule has 0 aliphatic carbocycles. The van der Waals surface area contributed by atoms with Crippen molar-refractivity contribution in [2.45, 2.75) is 55.3 Å². The molecule has 16 nitrogen and oxygen atoms in total. The van der Waals surface area contributed by atoms with Crippen molar-refractivity contribution >= 4 is 11.0 Å². The summed E-state index contributed by atoms with van der Waals surface area (Å²) in [5, 5.41) is 102. The highest BCUT2D eigenvalue weighted by atomic mass is 16.7. The normalized spacial score (nSPS) is 31.6. The second-order valence-corrected chi connectivity index (χ2v) is 9.76. The van der Waals surface area contributed by atoms with E-state index in [1.807, 2.05) is 0 Å². The second-order valence-electron chi connectivity index (χ2n) is 9.76. The Morgan fingerprint density at radius 1 is 0.786 bits per heavy atom. The molecule has 0 bridgehead atoms. The van der Waals surface area contributed by atoms with Crippen LogP contribution in [0.2, 0.25) is 0 Å². The maximum Gasteiger partial charge on any atom is 0.229 e. The third kappa shape index (κ3) is 5.19. The molecule has 2 aliphatic rings. The van der Waals surface area contributed by atoms with E-state index in [1.54, 1.807) is 0 Å². The Kier molecular flexibility index (Phi) is 8.17. The molecule has 2 fully saturated rings. The van der Waals surface area contributed by atoms with Gasteiger partial charge in [-0.25, -0.2) is 0 Å². The average molecular weight is 596 g/mol. The first-order valence-electron chi connectivity index (χ1n) is 12.6. The van der Waals surface area contributed by atoms with Gasteiger partial charge in [0.1, 0.15) is 59.6 Å². The first-order valence-corrected chi connectivity index (χ1v) is 12.6. The Bertz CT molecular complexity index is 1490. The van der Waals surface area contributed by atoms with E-state index in [-0.39, 0.29) is 17.1 Å². The van der Waals surface area contributed by atoms with Crippen LogP contribution in [0.4, 0.5) is 0 Å². The van der Waals surface area contributed by atoms with Gasteiger partial charge in [-0.3, -0.25) is 4.79 Å². The van der Waals surface area contributed by atoms with E-state index in [4.69, 9.17) is 23.4 Å². The van der Waals surface area contributed by atoms with Crippen molar-refractivity contribution in [1.82, 2.24) is 0 Å². The van der Waals surface area contributed by atoms with Crippen LogP contribution >= 0.6 is 0 Å². The predicted octanol–water partition coefficient (Wildman–Crippen LogP) is -2.43. The summed E-state index contributed by atoms with van der Waals surface area (Å²) in [7, 11) is 0. The molecule has 228 valence electrons. The summed E-state index contributed by atoms with van der Waals surface area (Å²) < 4.78 is 27.3. The average Bonchev–Trinajstić information content (AvgIpc) is 2.97. The molecule has 3 aromatic rings. The Balaban J connectivity index is 1.66. The topological polar surface area (TPSA) is 269 Å². The van der Waals surface area contributed by atoms with Gasteiger partial charge in [0.05, 0.1) is 13.2 Å². The van der Waals surface area contributed by atoms with Crippen LogP contribution in [0.15, 0.2) is 39.5 Å². The number of phenols is 3. The zero-order chi connectivity index (χ0) is 30.5. The number of benzene rings is 2. The molecule has 3 heterocycles. The summed E-state index contributed by atoms with van der Waals surface area (Å²) in [6, 6.07) is 6.38. The van der Waals surface area contributed by atoms with Gasteiger partial charge >= 0.3 is 0 Å². The Labute approximate surface area is 235 Å². The molecule has 2 saturated heterocycles. The maximum absolute atomic E-state index is 13.3. The van der Waals surface area contributed by atoms with E-state index in [0.29, 0.717) is 0 Å². The Hall–Kier alpha value is -3.71. The molecule has 0 amide bonds. The van der Waals surface area contributed by atoms with Crippen LogP contribution in [0.3, 0.4) is 0 Å². The molecule has 0 saturated carbocycles. The van der Waals surface area contributed by atoms with Crippen molar-refractivity contribution in [2.75, 3.05) is 13.2 Å². The van der Waals surface area contributed by atoms with Gasteiger partial charge in [-0.05, 0) is 24.3 Å². The van der Waals surface area contributed by atoms with Gasteiger partial charge in [-0.15, -0.1) is 0 Å². The predicted molar refractivity (Wildman–Crippen MR) is 136 cm³/mol. The maximum atomic E-state index is 13.3. The molecule has 42 heavy (non-hydrogen) atoms. The number of rotatable bonds is 6. The Morgan fingerprint density at radius 3 is 2.10 bits per heavy atom. The highest BCUT2D eigenvalue weighted by molar-refractivity contribution is 5.95. The second kappa shape index (κ2) is 11.5. The lowest BCUT2D eigenvalue weighted by atomic mass is 9.99. The lowest BCUT2D eigenvalue weighted by Crippen LogP contribution is -2.60. The van der Waals surface area contributed by atoms with E-state index >= 15 is 0 Å². The number of ether oxygens (including phenoxy) is 4. The van der Waals surface area contributed by atoms with Gasteiger partial charge in [0.2, 0.25) is 29.8 Å². The van der Waals surface area contributed by atoms with Crippen molar-refractivity contribution in [1.29, 1.82) is 0 Å². The summed E-state index contributed by atoms with van der Waals surface area (Å²) in [5.74, 6) is -3.99. The van der Waals surface area contributed by atoms with Crippen molar-refractivity contribution in [3.8, 4) is 40.1 Å². The molecular formula is C26H28O16. The molecule has 16 heteroatoms. The molecule has 9 atom stereocenters. The fourth-order valence-electron chi connectivity index (χ4n) is 4.58. The van der Waals surface area contributed by atoms with Crippen LogP contribution in [0.25, 0.3) is 22.3 Å². The van der Waals surface area contributed by atoms with Crippen LogP contribution in [-0.2, 0) is 9.47 Å². The molecule has 0 radical (unpaired) electrons. The molecule has 0 unspecified atom stereocenters. The van der Waals surface area contributed by atoms with Crippen molar-refractivity contribution in [3.05, 3.63) is 40.6 Å². The number of fused-ring (bicyclic) bond motifs is 1. The number of aliphatic hydroxyl groups is 7. The third-order valence-corrected chi connectivity index (χ3v) is 6.96. The third-order valence-electron chi connectivity index (χ3n) is 6.96. The highest BCUT2D eigenvalue weighted by Gasteiger charge is 2.46.